The molecule has 2 N–H and O–H groups in total. The molecule has 0 aromatic heterocycles. The van der Waals surface area contributed by atoms with Crippen LogP contribution in [0, 0.1) is 18.6 Å². The van der Waals surface area contributed by atoms with Crippen LogP contribution in [0.15, 0.2) is 42.5 Å². The molecule has 2 nitrogen and oxygen atoms in total. The van der Waals surface area contributed by atoms with Gasteiger partial charge >= 0.3 is 0 Å². The quantitative estimate of drug-likeness (QED) is 0.918. The summed E-state index contributed by atoms with van der Waals surface area (Å²) in [4.78, 5) is 0. The molecule has 0 fully saturated rings. The lowest BCUT2D eigenvalue weighted by Gasteiger charge is -2.14. The van der Waals surface area contributed by atoms with Crippen molar-refractivity contribution in [2.75, 3.05) is 6.61 Å². The lowest BCUT2D eigenvalue weighted by molar-refractivity contribution is 0.287. The van der Waals surface area contributed by atoms with Crippen molar-refractivity contribution in [1.29, 1.82) is 0 Å². The van der Waals surface area contributed by atoms with E-state index in [1.54, 1.807) is 6.07 Å². The second-order valence-corrected chi connectivity index (χ2v) is 4.40. The van der Waals surface area contributed by atoms with Gasteiger partial charge in [0.1, 0.15) is 24.0 Å². The third-order valence-corrected chi connectivity index (χ3v) is 2.78. The lowest BCUT2D eigenvalue weighted by atomic mass is 10.1. The summed E-state index contributed by atoms with van der Waals surface area (Å²) in [5.41, 5.74) is 7.00. The first-order valence-corrected chi connectivity index (χ1v) is 5.96. The van der Waals surface area contributed by atoms with Crippen LogP contribution in [-0.2, 0) is 0 Å². The minimum absolute atomic E-state index is 0.0871. The van der Waals surface area contributed by atoms with Crippen LogP contribution in [-0.4, -0.2) is 6.61 Å². The molecular formula is C15H15F2NO. The summed E-state index contributed by atoms with van der Waals surface area (Å²) < 4.78 is 32.1. The summed E-state index contributed by atoms with van der Waals surface area (Å²) in [5, 5.41) is 0. The molecule has 2 rings (SSSR count). The number of rotatable bonds is 4. The molecule has 0 radical (unpaired) electrons. The summed E-state index contributed by atoms with van der Waals surface area (Å²) in [6.45, 7) is 2.03. The first-order chi connectivity index (χ1) is 9.06. The number of nitrogens with two attached hydrogens (primary N) is 1. The van der Waals surface area contributed by atoms with Gasteiger partial charge in [0.2, 0.25) is 0 Å². The molecule has 1 unspecified atom stereocenters. The molecule has 4 heteroatoms. The van der Waals surface area contributed by atoms with Crippen LogP contribution in [0.3, 0.4) is 0 Å². The Morgan fingerprint density at radius 2 is 1.95 bits per heavy atom. The van der Waals surface area contributed by atoms with Gasteiger partial charge in [-0.15, -0.1) is 0 Å². The largest absolute Gasteiger partial charge is 0.492 e. The summed E-state index contributed by atoms with van der Waals surface area (Å²) in [7, 11) is 0. The van der Waals surface area contributed by atoms with E-state index in [9.17, 15) is 8.78 Å². The summed E-state index contributed by atoms with van der Waals surface area (Å²) in [6, 6.07) is 9.97. The number of hydrogen-bond acceptors (Lipinski definition) is 2. The normalized spacial score (nSPS) is 12.2. The predicted molar refractivity (Wildman–Crippen MR) is 70.0 cm³/mol. The van der Waals surface area contributed by atoms with Crippen molar-refractivity contribution in [2.45, 2.75) is 13.0 Å². The van der Waals surface area contributed by atoms with E-state index in [-0.39, 0.29) is 12.2 Å². The van der Waals surface area contributed by atoms with Crippen LogP contribution >= 0.6 is 0 Å². The number of ether oxygens (including phenoxy) is 1. The average Bonchev–Trinajstić information content (AvgIpc) is 2.39. The van der Waals surface area contributed by atoms with Crippen LogP contribution in [0.5, 0.6) is 5.75 Å². The predicted octanol–water partition coefficient (Wildman–Crippen LogP) is 3.35. The average molecular weight is 263 g/mol. The maximum absolute atomic E-state index is 13.5. The number of halogens is 2. The zero-order chi connectivity index (χ0) is 13.8. The Morgan fingerprint density at radius 3 is 2.68 bits per heavy atom. The standard InChI is InChI=1S/C15H15F2NO/c1-10-3-2-4-12(7-10)19-9-15(18)13-8-11(16)5-6-14(13)17/h2-8,15H,9,18H2,1H3. The molecule has 2 aromatic carbocycles. The second kappa shape index (κ2) is 5.80. The van der Waals surface area contributed by atoms with Gasteiger partial charge in [-0.1, -0.05) is 12.1 Å². The molecule has 1 atom stereocenters. The van der Waals surface area contributed by atoms with E-state index in [2.05, 4.69) is 0 Å². The second-order valence-electron chi connectivity index (χ2n) is 4.40. The topological polar surface area (TPSA) is 35.2 Å². The van der Waals surface area contributed by atoms with E-state index in [0.29, 0.717) is 5.75 Å². The van der Waals surface area contributed by atoms with Crippen molar-refractivity contribution in [3.8, 4) is 5.75 Å². The number of benzene rings is 2. The van der Waals surface area contributed by atoms with Crippen LogP contribution in [0.25, 0.3) is 0 Å². The summed E-state index contributed by atoms with van der Waals surface area (Å²) >= 11 is 0. The Bertz CT molecular complexity index is 572. The Kier molecular flexibility index (Phi) is 4.12. The van der Waals surface area contributed by atoms with Crippen LogP contribution < -0.4 is 10.5 Å². The molecule has 0 saturated carbocycles. The fraction of sp³-hybridized carbons (Fsp3) is 0.200. The van der Waals surface area contributed by atoms with Crippen LogP contribution in [0.1, 0.15) is 17.2 Å². The van der Waals surface area contributed by atoms with Crippen LogP contribution in [0.2, 0.25) is 0 Å². The first kappa shape index (κ1) is 13.5. The SMILES string of the molecule is Cc1cccc(OCC(N)c2cc(F)ccc2F)c1. The number of aryl methyl sites for hydroxylation is 1. The van der Waals surface area contributed by atoms with E-state index < -0.39 is 17.7 Å². The van der Waals surface area contributed by atoms with Gasteiger partial charge in [0.15, 0.2) is 0 Å². The number of hydrogen-bond donors (Lipinski definition) is 1. The van der Waals surface area contributed by atoms with Gasteiger partial charge in [0.05, 0.1) is 6.04 Å². The van der Waals surface area contributed by atoms with Crippen LogP contribution in [0.4, 0.5) is 8.78 Å². The molecule has 0 aliphatic carbocycles. The maximum Gasteiger partial charge on any atom is 0.128 e. The van der Waals surface area contributed by atoms with E-state index in [1.807, 2.05) is 25.1 Å². The minimum atomic E-state index is -0.712. The Balaban J connectivity index is 2.05. The van der Waals surface area contributed by atoms with Gasteiger partial charge in [-0.05, 0) is 42.8 Å². The van der Waals surface area contributed by atoms with Crippen molar-refractivity contribution in [1.82, 2.24) is 0 Å². The Hall–Kier alpha value is -1.94. The molecule has 0 spiro atoms. The van der Waals surface area contributed by atoms with E-state index in [0.717, 1.165) is 23.8 Å². The van der Waals surface area contributed by atoms with Gasteiger partial charge in [-0.2, -0.15) is 0 Å². The fourth-order valence-electron chi connectivity index (χ4n) is 1.78. The monoisotopic (exact) mass is 263 g/mol. The van der Waals surface area contributed by atoms with Gasteiger partial charge in [-0.25, -0.2) is 8.78 Å². The maximum atomic E-state index is 13.5. The summed E-state index contributed by atoms with van der Waals surface area (Å²) in [6.07, 6.45) is 0. The molecule has 0 bridgehead atoms. The zero-order valence-corrected chi connectivity index (χ0v) is 10.6. The van der Waals surface area contributed by atoms with Crippen molar-refractivity contribution >= 4 is 0 Å². The van der Waals surface area contributed by atoms with Gasteiger partial charge in [0.25, 0.3) is 0 Å². The molecule has 0 heterocycles. The Morgan fingerprint density at radius 1 is 1.16 bits per heavy atom. The molecule has 2 aromatic rings. The molecule has 0 amide bonds. The highest BCUT2D eigenvalue weighted by Gasteiger charge is 2.13. The van der Waals surface area contributed by atoms with Crippen molar-refractivity contribution < 1.29 is 13.5 Å². The molecule has 0 aliphatic heterocycles. The molecular weight excluding hydrogens is 248 g/mol. The van der Waals surface area contributed by atoms with Crippen molar-refractivity contribution in [2.24, 2.45) is 5.73 Å². The molecule has 0 saturated heterocycles. The lowest BCUT2D eigenvalue weighted by Crippen LogP contribution is -2.20. The molecule has 0 aliphatic rings. The third-order valence-electron chi connectivity index (χ3n) is 2.78. The highest BCUT2D eigenvalue weighted by molar-refractivity contribution is 5.28. The minimum Gasteiger partial charge on any atom is -0.492 e. The zero-order valence-electron chi connectivity index (χ0n) is 10.6. The summed E-state index contributed by atoms with van der Waals surface area (Å²) in [5.74, 6) is -0.378. The highest BCUT2D eigenvalue weighted by Crippen LogP contribution is 2.19. The highest BCUT2D eigenvalue weighted by atomic mass is 19.1. The molecule has 100 valence electrons. The van der Waals surface area contributed by atoms with E-state index >= 15 is 0 Å². The van der Waals surface area contributed by atoms with Gasteiger partial charge in [-0.3, -0.25) is 0 Å². The third kappa shape index (κ3) is 3.51. The molecule has 19 heavy (non-hydrogen) atoms. The van der Waals surface area contributed by atoms with Gasteiger partial charge < -0.3 is 10.5 Å². The van der Waals surface area contributed by atoms with Gasteiger partial charge in [0, 0.05) is 5.56 Å². The van der Waals surface area contributed by atoms with E-state index in [1.165, 1.54) is 0 Å². The Labute approximate surface area is 110 Å². The van der Waals surface area contributed by atoms with Crippen molar-refractivity contribution in [3.05, 3.63) is 65.2 Å². The van der Waals surface area contributed by atoms with Crippen molar-refractivity contribution in [3.63, 3.8) is 0 Å². The smallest absolute Gasteiger partial charge is 0.128 e. The fourth-order valence-corrected chi connectivity index (χ4v) is 1.78. The first-order valence-electron chi connectivity index (χ1n) is 5.96. The van der Waals surface area contributed by atoms with E-state index in [4.69, 9.17) is 10.5 Å².